The quantitative estimate of drug-likeness (QED) is 0.867. The van der Waals surface area contributed by atoms with Crippen LogP contribution in [0.3, 0.4) is 0 Å². The second kappa shape index (κ2) is 4.22. The van der Waals surface area contributed by atoms with Gasteiger partial charge in [0.25, 0.3) is 0 Å². The zero-order chi connectivity index (χ0) is 12.5. The highest BCUT2D eigenvalue weighted by atomic mass is 19.1. The molecule has 1 aromatic carbocycles. The largest absolute Gasteiger partial charge is 0.318 e. The third kappa shape index (κ3) is 2.31. The number of nitrogens with zero attached hydrogens (tertiary/aromatic N) is 1. The SMILES string of the molecule is CC(N)(c1ccc(F)cc1)c1cncc(F)c1. The van der Waals surface area contributed by atoms with Gasteiger partial charge in [-0.3, -0.25) is 4.98 Å². The lowest BCUT2D eigenvalue weighted by molar-refractivity contribution is 0.571. The molecule has 17 heavy (non-hydrogen) atoms. The summed E-state index contributed by atoms with van der Waals surface area (Å²) in [5, 5.41) is 0. The Bertz CT molecular complexity index is 521. The van der Waals surface area contributed by atoms with Crippen molar-refractivity contribution in [1.82, 2.24) is 4.98 Å². The molecule has 2 rings (SSSR count). The summed E-state index contributed by atoms with van der Waals surface area (Å²) in [6, 6.07) is 7.15. The molecule has 1 heterocycles. The fourth-order valence-corrected chi connectivity index (χ4v) is 1.66. The molecular formula is C13H12F2N2. The number of aromatic nitrogens is 1. The Hall–Kier alpha value is -1.81. The lowest BCUT2D eigenvalue weighted by Gasteiger charge is -2.25. The van der Waals surface area contributed by atoms with E-state index < -0.39 is 11.4 Å². The van der Waals surface area contributed by atoms with Crippen LogP contribution in [0.15, 0.2) is 42.7 Å². The zero-order valence-corrected chi connectivity index (χ0v) is 9.32. The highest BCUT2D eigenvalue weighted by Gasteiger charge is 2.24. The molecule has 2 aromatic rings. The fourth-order valence-electron chi connectivity index (χ4n) is 1.66. The molecular weight excluding hydrogens is 222 g/mol. The molecule has 0 radical (unpaired) electrons. The molecule has 0 amide bonds. The molecule has 4 heteroatoms. The van der Waals surface area contributed by atoms with Gasteiger partial charge in [-0.1, -0.05) is 12.1 Å². The normalized spacial score (nSPS) is 14.4. The number of rotatable bonds is 2. The van der Waals surface area contributed by atoms with Crippen LogP contribution in [0.2, 0.25) is 0 Å². The van der Waals surface area contributed by atoms with E-state index in [0.29, 0.717) is 11.1 Å². The maximum absolute atomic E-state index is 13.1. The van der Waals surface area contributed by atoms with E-state index in [1.54, 1.807) is 19.1 Å². The minimum Gasteiger partial charge on any atom is -0.318 e. The summed E-state index contributed by atoms with van der Waals surface area (Å²) in [5.41, 5.74) is 6.49. The van der Waals surface area contributed by atoms with Crippen molar-refractivity contribution in [3.05, 3.63) is 65.5 Å². The van der Waals surface area contributed by atoms with E-state index in [2.05, 4.69) is 4.98 Å². The van der Waals surface area contributed by atoms with Crippen molar-refractivity contribution >= 4 is 0 Å². The van der Waals surface area contributed by atoms with Gasteiger partial charge >= 0.3 is 0 Å². The zero-order valence-electron chi connectivity index (χ0n) is 9.32. The first-order chi connectivity index (χ1) is 8.00. The van der Waals surface area contributed by atoms with Crippen LogP contribution in [-0.2, 0) is 5.54 Å². The average molecular weight is 234 g/mol. The first kappa shape index (κ1) is 11.7. The van der Waals surface area contributed by atoms with E-state index in [9.17, 15) is 8.78 Å². The third-order valence-corrected chi connectivity index (χ3v) is 2.75. The van der Waals surface area contributed by atoms with Crippen LogP contribution in [0.25, 0.3) is 0 Å². The van der Waals surface area contributed by atoms with E-state index in [1.165, 1.54) is 24.4 Å². The van der Waals surface area contributed by atoms with E-state index in [4.69, 9.17) is 5.73 Å². The van der Waals surface area contributed by atoms with Gasteiger partial charge in [-0.25, -0.2) is 8.78 Å². The minimum atomic E-state index is -0.900. The standard InChI is InChI=1S/C13H12F2N2/c1-13(16,9-2-4-11(14)5-3-9)10-6-12(15)8-17-7-10/h2-8H,16H2,1H3. The first-order valence-corrected chi connectivity index (χ1v) is 5.16. The van der Waals surface area contributed by atoms with Crippen LogP contribution < -0.4 is 5.73 Å². The maximum atomic E-state index is 13.1. The Kier molecular flexibility index (Phi) is 2.90. The van der Waals surface area contributed by atoms with Crippen molar-refractivity contribution in [2.45, 2.75) is 12.5 Å². The maximum Gasteiger partial charge on any atom is 0.141 e. The Morgan fingerprint density at radius 3 is 2.24 bits per heavy atom. The number of hydrogen-bond donors (Lipinski definition) is 1. The average Bonchev–Trinajstić information content (AvgIpc) is 2.29. The summed E-state index contributed by atoms with van der Waals surface area (Å²) >= 11 is 0. The number of hydrogen-bond acceptors (Lipinski definition) is 2. The van der Waals surface area contributed by atoms with Gasteiger partial charge in [0.2, 0.25) is 0 Å². The van der Waals surface area contributed by atoms with Gasteiger partial charge < -0.3 is 5.73 Å². The van der Waals surface area contributed by atoms with Crippen LogP contribution in [0.4, 0.5) is 8.78 Å². The number of pyridine rings is 1. The van der Waals surface area contributed by atoms with E-state index in [0.717, 1.165) is 6.20 Å². The molecule has 0 aliphatic carbocycles. The molecule has 2 N–H and O–H groups in total. The molecule has 0 saturated heterocycles. The number of nitrogens with two attached hydrogens (primary N) is 1. The Morgan fingerprint density at radius 2 is 1.65 bits per heavy atom. The van der Waals surface area contributed by atoms with Gasteiger partial charge in [-0.15, -0.1) is 0 Å². The summed E-state index contributed by atoms with van der Waals surface area (Å²) in [6.45, 7) is 1.73. The molecule has 0 bridgehead atoms. The highest BCUT2D eigenvalue weighted by Crippen LogP contribution is 2.26. The van der Waals surface area contributed by atoms with Crippen LogP contribution >= 0.6 is 0 Å². The summed E-state index contributed by atoms with van der Waals surface area (Å²) in [7, 11) is 0. The Morgan fingerprint density at radius 1 is 1.00 bits per heavy atom. The van der Waals surface area contributed by atoms with Crippen LogP contribution in [-0.4, -0.2) is 4.98 Å². The molecule has 1 aromatic heterocycles. The van der Waals surface area contributed by atoms with Crippen molar-refractivity contribution < 1.29 is 8.78 Å². The van der Waals surface area contributed by atoms with E-state index in [-0.39, 0.29) is 5.82 Å². The van der Waals surface area contributed by atoms with Gasteiger partial charge in [0.15, 0.2) is 0 Å². The second-order valence-corrected chi connectivity index (χ2v) is 4.10. The van der Waals surface area contributed by atoms with Crippen molar-refractivity contribution in [2.75, 3.05) is 0 Å². The predicted molar refractivity (Wildman–Crippen MR) is 61.2 cm³/mol. The molecule has 1 unspecified atom stereocenters. The fraction of sp³-hybridized carbons (Fsp3) is 0.154. The van der Waals surface area contributed by atoms with Gasteiger partial charge in [0, 0.05) is 6.20 Å². The van der Waals surface area contributed by atoms with Crippen LogP contribution in [0, 0.1) is 11.6 Å². The summed E-state index contributed by atoms with van der Waals surface area (Å²) in [5.74, 6) is -0.775. The molecule has 1 atom stereocenters. The lowest BCUT2D eigenvalue weighted by atomic mass is 9.87. The molecule has 0 aliphatic heterocycles. The smallest absolute Gasteiger partial charge is 0.141 e. The van der Waals surface area contributed by atoms with Gasteiger partial charge in [-0.05, 0) is 36.2 Å². The first-order valence-electron chi connectivity index (χ1n) is 5.16. The summed E-state index contributed by atoms with van der Waals surface area (Å²) in [4.78, 5) is 3.76. The topological polar surface area (TPSA) is 38.9 Å². The van der Waals surface area contributed by atoms with Crippen molar-refractivity contribution in [3.8, 4) is 0 Å². The van der Waals surface area contributed by atoms with E-state index in [1.807, 2.05) is 0 Å². The molecule has 2 nitrogen and oxygen atoms in total. The van der Waals surface area contributed by atoms with Gasteiger partial charge in [0.05, 0.1) is 11.7 Å². The molecule has 0 fully saturated rings. The Labute approximate surface area is 98.1 Å². The molecule has 0 saturated carbocycles. The number of benzene rings is 1. The van der Waals surface area contributed by atoms with Crippen molar-refractivity contribution in [2.24, 2.45) is 5.73 Å². The highest BCUT2D eigenvalue weighted by molar-refractivity contribution is 5.35. The summed E-state index contributed by atoms with van der Waals surface area (Å²) < 4.78 is 25.9. The predicted octanol–water partition coefficient (Wildman–Crippen LogP) is 2.58. The summed E-state index contributed by atoms with van der Waals surface area (Å²) in [6.07, 6.45) is 2.62. The molecule has 0 spiro atoms. The third-order valence-electron chi connectivity index (χ3n) is 2.75. The molecule has 88 valence electrons. The lowest BCUT2D eigenvalue weighted by Crippen LogP contribution is -2.34. The van der Waals surface area contributed by atoms with Gasteiger partial charge in [0.1, 0.15) is 11.6 Å². The van der Waals surface area contributed by atoms with Crippen LogP contribution in [0.1, 0.15) is 18.1 Å². The monoisotopic (exact) mass is 234 g/mol. The second-order valence-electron chi connectivity index (χ2n) is 4.10. The number of halogens is 2. The van der Waals surface area contributed by atoms with Crippen molar-refractivity contribution in [3.63, 3.8) is 0 Å². The minimum absolute atomic E-state index is 0.332. The van der Waals surface area contributed by atoms with Gasteiger partial charge in [-0.2, -0.15) is 0 Å². The van der Waals surface area contributed by atoms with Crippen molar-refractivity contribution in [1.29, 1.82) is 0 Å². The van der Waals surface area contributed by atoms with Crippen LogP contribution in [0.5, 0.6) is 0 Å². The van der Waals surface area contributed by atoms with E-state index >= 15 is 0 Å². The Balaban J connectivity index is 2.45. The molecule has 0 aliphatic rings.